The number of hydrogen-bond donors (Lipinski definition) is 1. The molecule has 0 saturated heterocycles. The first-order valence-corrected chi connectivity index (χ1v) is 11.2. The molecule has 1 aliphatic carbocycles. The van der Waals surface area contributed by atoms with Crippen LogP contribution in [0.3, 0.4) is 0 Å². The maximum atomic E-state index is 13.0. The third kappa shape index (κ3) is 4.02. The van der Waals surface area contributed by atoms with Crippen molar-refractivity contribution in [2.75, 3.05) is 18.5 Å². The minimum absolute atomic E-state index is 0.0765. The molecule has 0 fully saturated rings. The highest BCUT2D eigenvalue weighted by molar-refractivity contribution is 6.31. The third-order valence-corrected chi connectivity index (χ3v) is 6.40. The van der Waals surface area contributed by atoms with E-state index in [0.29, 0.717) is 50.4 Å². The molecule has 3 aliphatic rings. The fourth-order valence-corrected chi connectivity index (χ4v) is 4.72. The lowest BCUT2D eigenvalue weighted by Crippen LogP contribution is -2.37. The highest BCUT2D eigenvalue weighted by atomic mass is 16.2. The first-order chi connectivity index (χ1) is 16.2. The summed E-state index contributed by atoms with van der Waals surface area (Å²) in [5.41, 5.74) is 6.13. The molecule has 9 nitrogen and oxygen atoms in total. The molecule has 9 heteroatoms. The number of rotatable bonds is 5. The number of imidazole rings is 1. The number of fused-ring (bicyclic) bond motifs is 2. The SMILES string of the molecule is O=C(c1cn(CC2=NCN=C2)cn1)N1CCc2nc(NC3Cc4ccccc4C3)ncc2C1. The van der Waals surface area contributed by atoms with E-state index in [1.165, 1.54) is 11.1 Å². The number of nitrogens with zero attached hydrogens (tertiary/aromatic N) is 7. The second-order valence-corrected chi connectivity index (χ2v) is 8.69. The van der Waals surface area contributed by atoms with Crippen LogP contribution in [-0.4, -0.2) is 61.5 Å². The van der Waals surface area contributed by atoms with Crippen LogP contribution in [-0.2, 0) is 32.4 Å². The van der Waals surface area contributed by atoms with Gasteiger partial charge in [0, 0.05) is 49.7 Å². The van der Waals surface area contributed by atoms with E-state index >= 15 is 0 Å². The van der Waals surface area contributed by atoms with Gasteiger partial charge in [0.2, 0.25) is 5.95 Å². The van der Waals surface area contributed by atoms with Crippen LogP contribution in [0.1, 0.15) is 32.9 Å². The molecule has 0 saturated carbocycles. The van der Waals surface area contributed by atoms with Crippen LogP contribution in [0.25, 0.3) is 0 Å². The molecule has 4 heterocycles. The topological polar surface area (TPSA) is 101 Å². The van der Waals surface area contributed by atoms with Crippen molar-refractivity contribution in [2.24, 2.45) is 9.98 Å². The molecule has 0 spiro atoms. The molecule has 2 aliphatic heterocycles. The molecular weight excluding hydrogens is 416 g/mol. The second-order valence-electron chi connectivity index (χ2n) is 8.69. The molecule has 166 valence electrons. The van der Waals surface area contributed by atoms with Gasteiger partial charge in [-0.15, -0.1) is 0 Å². The Bertz CT molecular complexity index is 1250. The molecule has 3 aromatic rings. The summed E-state index contributed by atoms with van der Waals surface area (Å²) in [5, 5.41) is 3.50. The van der Waals surface area contributed by atoms with Crippen molar-refractivity contribution in [1.82, 2.24) is 24.4 Å². The summed E-state index contributed by atoms with van der Waals surface area (Å²) in [6.07, 6.45) is 9.74. The van der Waals surface area contributed by atoms with E-state index in [9.17, 15) is 4.79 Å². The normalized spacial score (nSPS) is 17.1. The van der Waals surface area contributed by atoms with Gasteiger partial charge in [0.25, 0.3) is 5.91 Å². The van der Waals surface area contributed by atoms with Crippen LogP contribution in [0, 0.1) is 0 Å². The molecular formula is C24H24N8O. The molecule has 0 atom stereocenters. The van der Waals surface area contributed by atoms with Crippen LogP contribution in [0.4, 0.5) is 5.95 Å². The zero-order valence-electron chi connectivity index (χ0n) is 18.2. The number of hydrogen-bond acceptors (Lipinski definition) is 7. The van der Waals surface area contributed by atoms with Crippen molar-refractivity contribution < 1.29 is 4.79 Å². The van der Waals surface area contributed by atoms with Crippen LogP contribution in [0.5, 0.6) is 0 Å². The van der Waals surface area contributed by atoms with Crippen molar-refractivity contribution in [3.8, 4) is 0 Å². The van der Waals surface area contributed by atoms with E-state index < -0.39 is 0 Å². The number of benzene rings is 1. The molecule has 2 aromatic heterocycles. The average Bonchev–Trinajstić information content (AvgIpc) is 3.59. The molecule has 1 N–H and O–H groups in total. The van der Waals surface area contributed by atoms with Crippen molar-refractivity contribution in [3.63, 3.8) is 0 Å². The summed E-state index contributed by atoms with van der Waals surface area (Å²) in [6.45, 7) is 2.16. The van der Waals surface area contributed by atoms with E-state index in [4.69, 9.17) is 4.98 Å². The van der Waals surface area contributed by atoms with Crippen molar-refractivity contribution >= 4 is 23.8 Å². The van der Waals surface area contributed by atoms with Crippen LogP contribution in [0.2, 0.25) is 0 Å². The Kier molecular flexibility index (Phi) is 4.93. The molecule has 33 heavy (non-hydrogen) atoms. The number of aromatic nitrogens is 4. The number of carbonyl (C=O) groups is 1. The smallest absolute Gasteiger partial charge is 0.274 e. The van der Waals surface area contributed by atoms with Gasteiger partial charge in [0.15, 0.2) is 0 Å². The Morgan fingerprint density at radius 3 is 2.76 bits per heavy atom. The van der Waals surface area contributed by atoms with Crippen LogP contribution < -0.4 is 5.32 Å². The monoisotopic (exact) mass is 440 g/mol. The number of carbonyl (C=O) groups excluding carboxylic acids is 1. The van der Waals surface area contributed by atoms with Gasteiger partial charge < -0.3 is 14.8 Å². The standard InChI is InChI=1S/C24H24N8O/c33-23(22-13-31(15-28-22)12-20-10-25-14-27-20)32-6-5-21-18(11-32)9-26-24(30-21)29-19-7-16-3-1-2-4-17(16)8-19/h1-4,9-10,13,15,19H,5-8,11-12,14H2,(H,26,29,30). The fourth-order valence-electron chi connectivity index (χ4n) is 4.72. The Morgan fingerprint density at radius 1 is 1.12 bits per heavy atom. The summed E-state index contributed by atoms with van der Waals surface area (Å²) in [4.78, 5) is 36.8. The highest BCUT2D eigenvalue weighted by Gasteiger charge is 2.26. The first-order valence-electron chi connectivity index (χ1n) is 11.2. The van der Waals surface area contributed by atoms with Gasteiger partial charge in [-0.3, -0.25) is 14.8 Å². The van der Waals surface area contributed by atoms with Crippen LogP contribution >= 0.6 is 0 Å². The fraction of sp³-hybridized carbons (Fsp3) is 0.333. The molecule has 0 unspecified atom stereocenters. The Morgan fingerprint density at radius 2 is 1.97 bits per heavy atom. The van der Waals surface area contributed by atoms with Crippen molar-refractivity contribution in [1.29, 1.82) is 0 Å². The third-order valence-electron chi connectivity index (χ3n) is 6.40. The molecule has 1 amide bonds. The summed E-state index contributed by atoms with van der Waals surface area (Å²) in [6, 6.07) is 8.88. The molecule has 0 bridgehead atoms. The largest absolute Gasteiger partial charge is 0.351 e. The first kappa shape index (κ1) is 19.8. The average molecular weight is 441 g/mol. The minimum atomic E-state index is -0.0765. The van der Waals surface area contributed by atoms with Crippen molar-refractivity contribution in [3.05, 3.63) is 71.1 Å². The van der Waals surface area contributed by atoms with E-state index in [-0.39, 0.29) is 5.91 Å². The maximum absolute atomic E-state index is 13.0. The number of anilines is 1. The maximum Gasteiger partial charge on any atom is 0.274 e. The Labute approximate surface area is 191 Å². The summed E-state index contributed by atoms with van der Waals surface area (Å²) >= 11 is 0. The van der Waals surface area contributed by atoms with Crippen molar-refractivity contribution in [2.45, 2.75) is 38.4 Å². The van der Waals surface area contributed by atoms with Gasteiger partial charge in [-0.2, -0.15) is 0 Å². The molecule has 1 aromatic carbocycles. The summed E-state index contributed by atoms with van der Waals surface area (Å²) in [7, 11) is 0. The van der Waals surface area contributed by atoms with Gasteiger partial charge in [0.1, 0.15) is 12.4 Å². The lowest BCUT2D eigenvalue weighted by atomic mass is 10.1. The number of aliphatic imine (C=N–C) groups is 2. The number of nitrogens with one attached hydrogen (secondary N) is 1. The predicted octanol–water partition coefficient (Wildman–Crippen LogP) is 1.93. The molecule has 0 radical (unpaired) electrons. The van der Waals surface area contributed by atoms with E-state index in [1.807, 2.05) is 15.7 Å². The Balaban J connectivity index is 1.10. The van der Waals surface area contributed by atoms with Gasteiger partial charge in [-0.25, -0.2) is 15.0 Å². The van der Waals surface area contributed by atoms with Crippen LogP contribution in [0.15, 0.2) is 53.0 Å². The quantitative estimate of drug-likeness (QED) is 0.653. The second kappa shape index (κ2) is 8.23. The lowest BCUT2D eigenvalue weighted by molar-refractivity contribution is 0.0728. The minimum Gasteiger partial charge on any atom is -0.351 e. The number of amides is 1. The highest BCUT2D eigenvalue weighted by Crippen LogP contribution is 2.25. The van der Waals surface area contributed by atoms with Gasteiger partial charge in [-0.05, 0) is 24.0 Å². The predicted molar refractivity (Wildman–Crippen MR) is 125 cm³/mol. The lowest BCUT2D eigenvalue weighted by Gasteiger charge is -2.27. The van der Waals surface area contributed by atoms with Gasteiger partial charge >= 0.3 is 0 Å². The van der Waals surface area contributed by atoms with Gasteiger partial charge in [0.05, 0.1) is 24.3 Å². The molecule has 6 rings (SSSR count). The Hall–Kier alpha value is -3.88. The van der Waals surface area contributed by atoms with E-state index in [1.54, 1.807) is 18.7 Å². The zero-order valence-corrected chi connectivity index (χ0v) is 18.2. The van der Waals surface area contributed by atoms with Gasteiger partial charge in [-0.1, -0.05) is 24.3 Å². The van der Waals surface area contributed by atoms with E-state index in [2.05, 4.69) is 49.5 Å². The summed E-state index contributed by atoms with van der Waals surface area (Å²) < 4.78 is 1.86. The zero-order chi connectivity index (χ0) is 22.2. The van der Waals surface area contributed by atoms with E-state index in [0.717, 1.165) is 29.8 Å². The summed E-state index contributed by atoms with van der Waals surface area (Å²) in [5.74, 6) is 0.593.